The van der Waals surface area contributed by atoms with Gasteiger partial charge in [-0.2, -0.15) is 0 Å². The van der Waals surface area contributed by atoms with Crippen LogP contribution in [0.1, 0.15) is 92.7 Å². The van der Waals surface area contributed by atoms with Crippen molar-refractivity contribution in [1.82, 2.24) is 25.3 Å². The van der Waals surface area contributed by atoms with E-state index < -0.39 is 72.2 Å². The van der Waals surface area contributed by atoms with Crippen LogP contribution in [-0.2, 0) is 33.4 Å². The first-order valence-corrected chi connectivity index (χ1v) is 19.6. The number of aliphatic hydroxyl groups is 1. The molecule has 0 spiro atoms. The molecule has 10 atom stereocenters. The van der Waals surface area contributed by atoms with Gasteiger partial charge in [0.15, 0.2) is 0 Å². The quantitative estimate of drug-likeness (QED) is 0.167. The molecule has 1 heterocycles. The number of amides is 5. The number of hydrogen-bond acceptors (Lipinski definition) is 9. The topological polar surface area (TPSA) is 175 Å². The number of carbonyl (C=O) groups excluding carboxylic acids is 6. The Kier molecular flexibility index (Phi) is 18.8. The zero-order valence-corrected chi connectivity index (χ0v) is 35.0. The third-order valence-electron chi connectivity index (χ3n) is 11.2. The molecule has 14 nitrogen and oxygen atoms in total. The number of nitrogens with one attached hydrogen (secondary N) is 2. The first-order chi connectivity index (χ1) is 25.9. The standard InChI is InChI=1S/C41H67N5O9/c1-13-26(6)35(44(9)40(52)33(24(2)3)43-39(51)34(25(4)5)45(10)41(53)55-12)30(23-47)22-32(48)46-21-17-20-31(46)37(54-11)27(7)38(50)42-28(8)36(49)29-18-15-14-16-19-29/h14-16,18-19,23-28,30-31,33-37,49H,13,17,20-22H2,1-12H3,(H,42,50)(H,43,51)/t26-,27+,28+,30-,31-,33-,34?,35-,36+,37+/m0/s1. The van der Waals surface area contributed by atoms with Gasteiger partial charge in [-0.05, 0) is 43.1 Å². The number of likely N-dealkylation sites (N-methyl/N-ethyl adjacent to an activating group) is 2. The lowest BCUT2D eigenvalue weighted by atomic mass is 9.84. The van der Waals surface area contributed by atoms with E-state index >= 15 is 0 Å². The Hall–Kier alpha value is -4.04. The van der Waals surface area contributed by atoms with Gasteiger partial charge in [0.05, 0.1) is 37.3 Å². The summed E-state index contributed by atoms with van der Waals surface area (Å²) >= 11 is 0. The molecule has 1 fully saturated rings. The molecule has 0 aliphatic carbocycles. The van der Waals surface area contributed by atoms with Crippen molar-refractivity contribution in [2.75, 3.05) is 34.9 Å². The molecular formula is C41H67N5O9. The maximum Gasteiger partial charge on any atom is 0.409 e. The van der Waals surface area contributed by atoms with E-state index in [1.165, 1.54) is 31.1 Å². The Morgan fingerprint density at radius 3 is 2.05 bits per heavy atom. The summed E-state index contributed by atoms with van der Waals surface area (Å²) in [4.78, 5) is 84.9. The van der Waals surface area contributed by atoms with Crippen LogP contribution in [0.2, 0.25) is 0 Å². The molecule has 1 unspecified atom stereocenters. The highest BCUT2D eigenvalue weighted by Gasteiger charge is 2.43. The summed E-state index contributed by atoms with van der Waals surface area (Å²) in [5.41, 5.74) is 0.680. The lowest BCUT2D eigenvalue weighted by Crippen LogP contribution is -2.59. The molecule has 1 aliphatic rings. The number of carbonyl (C=O) groups is 6. The summed E-state index contributed by atoms with van der Waals surface area (Å²) in [7, 11) is 5.80. The lowest BCUT2D eigenvalue weighted by molar-refractivity contribution is -0.145. The zero-order valence-electron chi connectivity index (χ0n) is 35.0. The predicted molar refractivity (Wildman–Crippen MR) is 209 cm³/mol. The van der Waals surface area contributed by atoms with Gasteiger partial charge >= 0.3 is 6.09 Å². The normalized spacial score (nSPS) is 19.3. The predicted octanol–water partition coefficient (Wildman–Crippen LogP) is 3.81. The molecule has 2 rings (SSSR count). The molecule has 0 bridgehead atoms. The summed E-state index contributed by atoms with van der Waals surface area (Å²) in [6.07, 6.45) is 0.214. The van der Waals surface area contributed by atoms with Crippen molar-refractivity contribution in [3.05, 3.63) is 35.9 Å². The van der Waals surface area contributed by atoms with E-state index in [1.807, 2.05) is 32.0 Å². The van der Waals surface area contributed by atoms with E-state index in [1.54, 1.807) is 65.6 Å². The number of benzene rings is 1. The molecule has 0 aromatic heterocycles. The molecule has 1 saturated heterocycles. The minimum atomic E-state index is -0.978. The van der Waals surface area contributed by atoms with Gasteiger partial charge in [0.2, 0.25) is 23.6 Å². The number of aldehydes is 1. The van der Waals surface area contributed by atoms with Crippen LogP contribution in [0, 0.1) is 29.6 Å². The second kappa shape index (κ2) is 21.9. The summed E-state index contributed by atoms with van der Waals surface area (Å²) in [5.74, 6) is -3.88. The average Bonchev–Trinajstić information content (AvgIpc) is 3.65. The van der Waals surface area contributed by atoms with Crippen LogP contribution in [0.25, 0.3) is 0 Å². The maximum atomic E-state index is 14.2. The number of likely N-dealkylation sites (tertiary alicyclic amines) is 1. The molecular weight excluding hydrogens is 706 g/mol. The fourth-order valence-corrected chi connectivity index (χ4v) is 7.86. The van der Waals surface area contributed by atoms with Crippen molar-refractivity contribution in [3.8, 4) is 0 Å². The number of hydrogen-bond donors (Lipinski definition) is 3. The van der Waals surface area contributed by atoms with Gasteiger partial charge in [-0.1, -0.05) is 85.2 Å². The maximum absolute atomic E-state index is 14.2. The van der Waals surface area contributed by atoms with Crippen LogP contribution in [0.15, 0.2) is 30.3 Å². The Morgan fingerprint density at radius 2 is 1.55 bits per heavy atom. The second-order valence-corrected chi connectivity index (χ2v) is 15.8. The van der Waals surface area contributed by atoms with E-state index in [9.17, 15) is 33.9 Å². The number of methoxy groups -OCH3 is 2. The zero-order chi connectivity index (χ0) is 41.7. The summed E-state index contributed by atoms with van der Waals surface area (Å²) in [6, 6.07) is 5.51. The van der Waals surface area contributed by atoms with Crippen molar-refractivity contribution in [2.45, 2.75) is 123 Å². The van der Waals surface area contributed by atoms with Crippen LogP contribution in [0.5, 0.6) is 0 Å². The van der Waals surface area contributed by atoms with Gasteiger partial charge in [0, 0.05) is 46.1 Å². The summed E-state index contributed by atoms with van der Waals surface area (Å²) in [5, 5.41) is 16.6. The number of nitrogens with zero attached hydrogens (tertiary/aromatic N) is 3. The van der Waals surface area contributed by atoms with Gasteiger partial charge < -0.3 is 39.8 Å². The van der Waals surface area contributed by atoms with Crippen LogP contribution in [0.4, 0.5) is 4.79 Å². The molecule has 1 aromatic carbocycles. The van der Waals surface area contributed by atoms with Gasteiger partial charge in [0.25, 0.3) is 0 Å². The smallest absolute Gasteiger partial charge is 0.409 e. The van der Waals surface area contributed by atoms with Crippen molar-refractivity contribution in [1.29, 1.82) is 0 Å². The number of ether oxygens (including phenoxy) is 2. The first kappa shape index (κ1) is 47.1. The molecule has 0 saturated carbocycles. The van der Waals surface area contributed by atoms with Crippen molar-refractivity contribution < 1.29 is 43.3 Å². The SMILES string of the molecule is CC[C@H](C)[C@@H]([C@H](C=O)CC(=O)N1CCC[C@H]1[C@H](OC)[C@@H](C)C(=O)N[C@H](C)[C@@H](O)c1ccccc1)N(C)C(=O)[C@@H](NC(=O)C(C(C)C)N(C)C(=O)OC)C(C)C. The monoisotopic (exact) mass is 773 g/mol. The molecule has 1 aromatic rings. The van der Waals surface area contributed by atoms with Crippen LogP contribution in [0.3, 0.4) is 0 Å². The molecule has 0 radical (unpaired) electrons. The van der Waals surface area contributed by atoms with Crippen LogP contribution < -0.4 is 10.6 Å². The minimum absolute atomic E-state index is 0.165. The molecule has 310 valence electrons. The van der Waals surface area contributed by atoms with Crippen LogP contribution >= 0.6 is 0 Å². The van der Waals surface area contributed by atoms with Gasteiger partial charge in [0.1, 0.15) is 18.4 Å². The van der Waals surface area contributed by atoms with Gasteiger partial charge in [-0.15, -0.1) is 0 Å². The van der Waals surface area contributed by atoms with Crippen molar-refractivity contribution >= 4 is 36.0 Å². The van der Waals surface area contributed by atoms with E-state index in [2.05, 4.69) is 10.6 Å². The summed E-state index contributed by atoms with van der Waals surface area (Å²) < 4.78 is 10.7. The van der Waals surface area contributed by atoms with E-state index in [0.29, 0.717) is 31.4 Å². The lowest BCUT2D eigenvalue weighted by Gasteiger charge is -2.40. The first-order valence-electron chi connectivity index (χ1n) is 19.6. The Labute approximate surface area is 328 Å². The third-order valence-corrected chi connectivity index (χ3v) is 11.2. The third kappa shape index (κ3) is 12.0. The highest BCUT2D eigenvalue weighted by molar-refractivity contribution is 5.92. The number of aliphatic hydroxyl groups excluding tert-OH is 1. The minimum Gasteiger partial charge on any atom is -0.453 e. The summed E-state index contributed by atoms with van der Waals surface area (Å²) in [6.45, 7) is 15.0. The van der Waals surface area contributed by atoms with Gasteiger partial charge in [-0.25, -0.2) is 4.79 Å². The fourth-order valence-electron chi connectivity index (χ4n) is 7.86. The van der Waals surface area contributed by atoms with Crippen molar-refractivity contribution in [3.63, 3.8) is 0 Å². The number of rotatable bonds is 20. The van der Waals surface area contributed by atoms with E-state index in [4.69, 9.17) is 9.47 Å². The molecule has 3 N–H and O–H groups in total. The second-order valence-electron chi connectivity index (χ2n) is 15.8. The Balaban J connectivity index is 2.28. The molecule has 1 aliphatic heterocycles. The molecule has 5 amide bonds. The Morgan fingerprint density at radius 1 is 0.927 bits per heavy atom. The van der Waals surface area contributed by atoms with E-state index in [0.717, 1.165) is 6.29 Å². The highest BCUT2D eigenvalue weighted by Crippen LogP contribution is 2.31. The molecule has 55 heavy (non-hydrogen) atoms. The average molecular weight is 774 g/mol. The van der Waals surface area contributed by atoms with E-state index in [-0.39, 0.29) is 36.0 Å². The fraction of sp³-hybridized carbons (Fsp3) is 0.707. The largest absolute Gasteiger partial charge is 0.453 e. The van der Waals surface area contributed by atoms with Gasteiger partial charge in [-0.3, -0.25) is 24.1 Å². The van der Waals surface area contributed by atoms with Crippen LogP contribution in [-0.4, -0.2) is 127 Å². The highest BCUT2D eigenvalue weighted by atomic mass is 16.5. The molecule has 14 heteroatoms. The Bertz CT molecular complexity index is 1430. The van der Waals surface area contributed by atoms with Crippen molar-refractivity contribution in [2.24, 2.45) is 29.6 Å².